The molecule has 1 aliphatic rings. The Kier molecular flexibility index (Phi) is 1.83. The summed E-state index contributed by atoms with van der Waals surface area (Å²) in [6.07, 6.45) is 2.62. The average molecular weight is 182 g/mol. The minimum Gasteiger partial charge on any atom is -0.383 e. The van der Waals surface area contributed by atoms with Crippen LogP contribution >= 0.6 is 11.3 Å². The molecule has 0 spiro atoms. The summed E-state index contributed by atoms with van der Waals surface area (Å²) in [5, 5.41) is 1.19. The molecule has 2 N–H and O–H groups in total. The lowest BCUT2D eigenvalue weighted by Crippen LogP contribution is -1.90. The highest BCUT2D eigenvalue weighted by atomic mass is 32.1. The number of hydrogen-bond acceptors (Lipinski definition) is 3. The Morgan fingerprint density at radius 1 is 1.50 bits per heavy atom. The lowest BCUT2D eigenvalue weighted by atomic mass is 10.2. The smallest absolute Gasteiger partial charge is 0.138 e. The van der Waals surface area contributed by atoms with E-state index in [1.165, 1.54) is 22.7 Å². The second-order valence-corrected chi connectivity index (χ2v) is 4.79. The molecule has 1 heterocycles. The number of anilines is 1. The van der Waals surface area contributed by atoms with Gasteiger partial charge in [0, 0.05) is 5.92 Å². The summed E-state index contributed by atoms with van der Waals surface area (Å²) in [4.78, 5) is 5.70. The summed E-state index contributed by atoms with van der Waals surface area (Å²) in [7, 11) is 0. The van der Waals surface area contributed by atoms with Gasteiger partial charge in [-0.1, -0.05) is 13.8 Å². The van der Waals surface area contributed by atoms with E-state index in [0.717, 1.165) is 11.7 Å². The molecule has 1 aliphatic carbocycles. The summed E-state index contributed by atoms with van der Waals surface area (Å²) in [5.74, 6) is 2.05. The van der Waals surface area contributed by atoms with Gasteiger partial charge >= 0.3 is 0 Å². The molecule has 1 saturated carbocycles. The van der Waals surface area contributed by atoms with Crippen LogP contribution in [-0.2, 0) is 0 Å². The van der Waals surface area contributed by atoms with E-state index in [9.17, 15) is 0 Å². The molecule has 0 radical (unpaired) electrons. The average Bonchev–Trinajstić information content (AvgIpc) is 2.75. The lowest BCUT2D eigenvalue weighted by Gasteiger charge is -1.94. The molecule has 0 unspecified atom stereocenters. The van der Waals surface area contributed by atoms with Crippen LogP contribution in [0.15, 0.2) is 0 Å². The van der Waals surface area contributed by atoms with Crippen LogP contribution in [0.1, 0.15) is 48.4 Å². The van der Waals surface area contributed by atoms with Crippen molar-refractivity contribution in [1.82, 2.24) is 4.98 Å². The molecule has 0 aliphatic heterocycles. The number of nitrogens with zero attached hydrogens (tertiary/aromatic N) is 1. The largest absolute Gasteiger partial charge is 0.383 e. The van der Waals surface area contributed by atoms with Gasteiger partial charge < -0.3 is 5.73 Å². The van der Waals surface area contributed by atoms with Gasteiger partial charge in [-0.15, -0.1) is 11.3 Å². The number of hydrogen-bond donors (Lipinski definition) is 1. The van der Waals surface area contributed by atoms with E-state index in [4.69, 9.17) is 5.73 Å². The first-order chi connectivity index (χ1) is 5.68. The van der Waals surface area contributed by atoms with Gasteiger partial charge in [0.05, 0.1) is 9.88 Å². The van der Waals surface area contributed by atoms with E-state index in [1.807, 2.05) is 0 Å². The van der Waals surface area contributed by atoms with E-state index in [2.05, 4.69) is 18.8 Å². The maximum absolute atomic E-state index is 5.82. The van der Waals surface area contributed by atoms with Gasteiger partial charge in [0.15, 0.2) is 0 Å². The van der Waals surface area contributed by atoms with Crippen LogP contribution in [0.3, 0.4) is 0 Å². The number of aromatic nitrogens is 1. The van der Waals surface area contributed by atoms with Gasteiger partial charge in [-0.2, -0.15) is 0 Å². The quantitative estimate of drug-likeness (QED) is 0.763. The van der Waals surface area contributed by atoms with Crippen molar-refractivity contribution in [2.24, 2.45) is 0 Å². The molecular weight excluding hydrogens is 168 g/mol. The normalized spacial score (nSPS) is 17.2. The third kappa shape index (κ3) is 1.33. The third-order valence-corrected chi connectivity index (χ3v) is 3.67. The SMILES string of the molecule is CC(C)c1nc(N)c(C2CC2)s1. The lowest BCUT2D eigenvalue weighted by molar-refractivity contribution is 0.854. The molecule has 0 saturated heterocycles. The Morgan fingerprint density at radius 3 is 2.58 bits per heavy atom. The van der Waals surface area contributed by atoms with Gasteiger partial charge in [0.25, 0.3) is 0 Å². The Bertz CT molecular complexity index is 287. The number of nitrogen functional groups attached to an aromatic ring is 1. The van der Waals surface area contributed by atoms with Crippen molar-refractivity contribution >= 4 is 17.2 Å². The zero-order chi connectivity index (χ0) is 8.72. The molecule has 2 rings (SSSR count). The van der Waals surface area contributed by atoms with Crippen LogP contribution in [-0.4, -0.2) is 4.98 Å². The van der Waals surface area contributed by atoms with Crippen LogP contribution < -0.4 is 5.73 Å². The topological polar surface area (TPSA) is 38.9 Å². The molecule has 1 aromatic heterocycles. The van der Waals surface area contributed by atoms with Crippen molar-refractivity contribution in [1.29, 1.82) is 0 Å². The van der Waals surface area contributed by atoms with E-state index in [-0.39, 0.29) is 0 Å². The zero-order valence-corrected chi connectivity index (χ0v) is 8.32. The van der Waals surface area contributed by atoms with Gasteiger partial charge in [-0.25, -0.2) is 4.98 Å². The molecule has 12 heavy (non-hydrogen) atoms. The Morgan fingerprint density at radius 2 is 2.17 bits per heavy atom. The summed E-state index contributed by atoms with van der Waals surface area (Å²) in [6.45, 7) is 4.32. The maximum atomic E-state index is 5.82. The molecular formula is C9H14N2S. The first-order valence-electron chi connectivity index (χ1n) is 4.44. The standard InChI is InChI=1S/C9H14N2S/c1-5(2)9-11-8(10)7(12-9)6-3-4-6/h5-6H,3-4,10H2,1-2H3. The summed E-state index contributed by atoms with van der Waals surface area (Å²) in [5.41, 5.74) is 5.82. The number of thiazole rings is 1. The zero-order valence-electron chi connectivity index (χ0n) is 7.50. The van der Waals surface area contributed by atoms with Crippen LogP contribution in [0.2, 0.25) is 0 Å². The highest BCUT2D eigenvalue weighted by molar-refractivity contribution is 7.12. The fourth-order valence-corrected chi connectivity index (χ4v) is 2.40. The first kappa shape index (κ1) is 8.05. The number of rotatable bonds is 2. The van der Waals surface area contributed by atoms with Crippen LogP contribution in [0.5, 0.6) is 0 Å². The van der Waals surface area contributed by atoms with Crippen molar-refractivity contribution in [2.75, 3.05) is 5.73 Å². The molecule has 2 nitrogen and oxygen atoms in total. The van der Waals surface area contributed by atoms with E-state index in [1.54, 1.807) is 11.3 Å². The second kappa shape index (κ2) is 2.73. The highest BCUT2D eigenvalue weighted by Gasteiger charge is 2.28. The van der Waals surface area contributed by atoms with Gasteiger partial charge in [0.1, 0.15) is 5.82 Å². The first-order valence-corrected chi connectivity index (χ1v) is 5.26. The Labute approximate surface area is 76.8 Å². The van der Waals surface area contributed by atoms with Crippen molar-refractivity contribution < 1.29 is 0 Å². The molecule has 0 bridgehead atoms. The number of nitrogens with two attached hydrogens (primary N) is 1. The van der Waals surface area contributed by atoms with Crippen molar-refractivity contribution in [2.45, 2.75) is 38.5 Å². The minimum atomic E-state index is 0.518. The van der Waals surface area contributed by atoms with Gasteiger partial charge in [-0.3, -0.25) is 0 Å². The molecule has 66 valence electrons. The third-order valence-electron chi connectivity index (χ3n) is 2.14. The van der Waals surface area contributed by atoms with Gasteiger partial charge in [0.2, 0.25) is 0 Å². The Balaban J connectivity index is 2.30. The molecule has 3 heteroatoms. The monoisotopic (exact) mass is 182 g/mol. The molecule has 0 atom stereocenters. The summed E-state index contributed by atoms with van der Waals surface area (Å²) >= 11 is 1.80. The van der Waals surface area contributed by atoms with E-state index >= 15 is 0 Å². The van der Waals surface area contributed by atoms with Crippen LogP contribution in [0, 0.1) is 0 Å². The van der Waals surface area contributed by atoms with Gasteiger partial charge in [-0.05, 0) is 18.8 Å². The van der Waals surface area contributed by atoms with Crippen molar-refractivity contribution in [3.8, 4) is 0 Å². The predicted molar refractivity (Wildman–Crippen MR) is 52.6 cm³/mol. The maximum Gasteiger partial charge on any atom is 0.138 e. The predicted octanol–water partition coefficient (Wildman–Crippen LogP) is 2.73. The second-order valence-electron chi connectivity index (χ2n) is 3.73. The fourth-order valence-electron chi connectivity index (χ4n) is 1.25. The summed E-state index contributed by atoms with van der Waals surface area (Å²) < 4.78 is 0. The molecule has 1 aromatic rings. The fraction of sp³-hybridized carbons (Fsp3) is 0.667. The van der Waals surface area contributed by atoms with Crippen molar-refractivity contribution in [3.63, 3.8) is 0 Å². The minimum absolute atomic E-state index is 0.518. The summed E-state index contributed by atoms with van der Waals surface area (Å²) in [6, 6.07) is 0. The van der Waals surface area contributed by atoms with Crippen LogP contribution in [0.4, 0.5) is 5.82 Å². The molecule has 1 fully saturated rings. The van der Waals surface area contributed by atoms with Crippen molar-refractivity contribution in [3.05, 3.63) is 9.88 Å². The highest BCUT2D eigenvalue weighted by Crippen LogP contribution is 2.46. The molecule has 0 aromatic carbocycles. The van der Waals surface area contributed by atoms with E-state index in [0.29, 0.717) is 5.92 Å². The Hall–Kier alpha value is -0.570. The van der Waals surface area contributed by atoms with Crippen LogP contribution in [0.25, 0.3) is 0 Å². The van der Waals surface area contributed by atoms with E-state index < -0.39 is 0 Å². The molecule has 0 amide bonds.